The normalized spacial score (nSPS) is 20.8. The van der Waals surface area contributed by atoms with E-state index in [-0.39, 0.29) is 23.4 Å². The number of allylic oxidation sites excluding steroid dienone is 7. The molecule has 1 fully saturated rings. The van der Waals surface area contributed by atoms with Crippen LogP contribution in [0.1, 0.15) is 40.5 Å². The number of nitrogens with one attached hydrogen (secondary N) is 1. The highest BCUT2D eigenvalue weighted by atomic mass is 35.5. The fraction of sp³-hybridized carbons (Fsp3) is 0.500. The van der Waals surface area contributed by atoms with E-state index in [1.165, 1.54) is 28.9 Å². The standard InChI is InChI=1S/C22H30ClFN2O2/c1-6-20(24)19(23)10-11-22(27)25-17-12-26(13-17)16(4)18-8-7-9-21(28-5)15(3)14(18)2/h6-7,9-10,16-17H,8,11-13H2,1-5H3,(H,25,27)/b19-10+,20-6+. The van der Waals surface area contributed by atoms with Gasteiger partial charge in [0.1, 0.15) is 11.6 Å². The maximum atomic E-state index is 13.3. The van der Waals surface area contributed by atoms with Crippen molar-refractivity contribution in [3.63, 3.8) is 0 Å². The van der Waals surface area contributed by atoms with Gasteiger partial charge in [-0.05, 0) is 56.9 Å². The zero-order valence-corrected chi connectivity index (χ0v) is 18.1. The van der Waals surface area contributed by atoms with E-state index in [1.54, 1.807) is 14.0 Å². The summed E-state index contributed by atoms with van der Waals surface area (Å²) in [5.74, 6) is 0.255. The lowest BCUT2D eigenvalue weighted by molar-refractivity contribution is -0.122. The average molecular weight is 409 g/mol. The predicted octanol–water partition coefficient (Wildman–Crippen LogP) is 4.76. The molecule has 1 N–H and O–H groups in total. The largest absolute Gasteiger partial charge is 0.496 e. The molecule has 0 radical (unpaired) electrons. The van der Waals surface area contributed by atoms with Crippen molar-refractivity contribution < 1.29 is 13.9 Å². The van der Waals surface area contributed by atoms with E-state index in [4.69, 9.17) is 16.3 Å². The molecular formula is C22H30ClFN2O2. The van der Waals surface area contributed by atoms with Crippen molar-refractivity contribution >= 4 is 17.5 Å². The third-order valence-electron chi connectivity index (χ3n) is 5.52. The average Bonchev–Trinajstić information content (AvgIpc) is 2.80. The molecule has 1 aliphatic heterocycles. The molecule has 1 saturated heterocycles. The van der Waals surface area contributed by atoms with Gasteiger partial charge in [0.2, 0.25) is 5.91 Å². The number of methoxy groups -OCH3 is 1. The monoisotopic (exact) mass is 408 g/mol. The van der Waals surface area contributed by atoms with Gasteiger partial charge < -0.3 is 10.1 Å². The molecule has 1 atom stereocenters. The van der Waals surface area contributed by atoms with Gasteiger partial charge in [0.05, 0.1) is 18.2 Å². The van der Waals surface area contributed by atoms with E-state index < -0.39 is 5.83 Å². The van der Waals surface area contributed by atoms with E-state index in [9.17, 15) is 9.18 Å². The molecule has 0 aromatic carbocycles. The van der Waals surface area contributed by atoms with Gasteiger partial charge in [-0.2, -0.15) is 0 Å². The van der Waals surface area contributed by atoms with Crippen LogP contribution in [0.15, 0.2) is 57.6 Å². The second-order valence-corrected chi connectivity index (χ2v) is 7.64. The second-order valence-electron chi connectivity index (χ2n) is 7.24. The van der Waals surface area contributed by atoms with E-state index >= 15 is 0 Å². The topological polar surface area (TPSA) is 41.6 Å². The first kappa shape index (κ1) is 22.4. The Morgan fingerprint density at radius 1 is 1.43 bits per heavy atom. The summed E-state index contributed by atoms with van der Waals surface area (Å²) in [5, 5.41) is 2.96. The fourth-order valence-corrected chi connectivity index (χ4v) is 3.73. The molecule has 154 valence electrons. The highest BCUT2D eigenvalue weighted by Gasteiger charge is 2.33. The molecule has 6 heteroatoms. The molecule has 1 aliphatic carbocycles. The number of ether oxygens (including phenoxy) is 1. The van der Waals surface area contributed by atoms with Crippen molar-refractivity contribution in [2.45, 2.75) is 52.6 Å². The lowest BCUT2D eigenvalue weighted by Crippen LogP contribution is -2.61. The number of amides is 1. The van der Waals surface area contributed by atoms with Crippen LogP contribution < -0.4 is 5.32 Å². The maximum Gasteiger partial charge on any atom is 0.224 e. The fourth-order valence-electron chi connectivity index (χ4n) is 3.55. The molecule has 2 rings (SSSR count). The Hall–Kier alpha value is -1.85. The Morgan fingerprint density at radius 3 is 2.71 bits per heavy atom. The summed E-state index contributed by atoms with van der Waals surface area (Å²) in [6, 6.07) is 0.407. The van der Waals surface area contributed by atoms with Gasteiger partial charge in [0.25, 0.3) is 0 Å². The highest BCUT2D eigenvalue weighted by Crippen LogP contribution is 2.30. The van der Waals surface area contributed by atoms with Gasteiger partial charge >= 0.3 is 0 Å². The molecule has 1 amide bonds. The smallest absolute Gasteiger partial charge is 0.224 e. The molecule has 0 spiro atoms. The Kier molecular flexibility index (Phi) is 8.08. The van der Waals surface area contributed by atoms with Crippen molar-refractivity contribution in [2.24, 2.45) is 0 Å². The van der Waals surface area contributed by atoms with Crippen LogP contribution in [0.3, 0.4) is 0 Å². The predicted molar refractivity (Wildman–Crippen MR) is 113 cm³/mol. The molecule has 0 aromatic heterocycles. The van der Waals surface area contributed by atoms with Crippen LogP contribution >= 0.6 is 11.6 Å². The lowest BCUT2D eigenvalue weighted by atomic mass is 9.92. The van der Waals surface area contributed by atoms with Crippen LogP contribution in [0.4, 0.5) is 4.39 Å². The van der Waals surface area contributed by atoms with Crippen LogP contribution in [-0.2, 0) is 9.53 Å². The Labute approximate surface area is 172 Å². The summed E-state index contributed by atoms with van der Waals surface area (Å²) in [6.45, 7) is 9.60. The first-order valence-corrected chi connectivity index (χ1v) is 9.98. The van der Waals surface area contributed by atoms with E-state index in [1.807, 2.05) is 6.08 Å². The van der Waals surface area contributed by atoms with Gasteiger partial charge in [-0.15, -0.1) is 0 Å². The molecule has 1 heterocycles. The Bertz CT molecular complexity index is 758. The quantitative estimate of drug-likeness (QED) is 0.617. The van der Waals surface area contributed by atoms with Crippen LogP contribution in [-0.4, -0.2) is 43.1 Å². The minimum atomic E-state index is -0.514. The zero-order chi connectivity index (χ0) is 20.8. The van der Waals surface area contributed by atoms with Crippen molar-refractivity contribution in [3.05, 3.63) is 57.6 Å². The van der Waals surface area contributed by atoms with Gasteiger partial charge in [-0.25, -0.2) is 4.39 Å². The number of hydrogen-bond donors (Lipinski definition) is 1. The van der Waals surface area contributed by atoms with Gasteiger partial charge in [-0.3, -0.25) is 9.69 Å². The minimum Gasteiger partial charge on any atom is -0.496 e. The molecule has 28 heavy (non-hydrogen) atoms. The summed E-state index contributed by atoms with van der Waals surface area (Å²) < 4.78 is 18.7. The Balaban J connectivity index is 1.89. The Morgan fingerprint density at radius 2 is 2.11 bits per heavy atom. The molecule has 0 bridgehead atoms. The number of rotatable bonds is 7. The first-order chi connectivity index (χ1) is 13.3. The van der Waals surface area contributed by atoms with E-state index in [0.717, 1.165) is 25.3 Å². The zero-order valence-electron chi connectivity index (χ0n) is 17.3. The van der Waals surface area contributed by atoms with E-state index in [2.05, 4.69) is 37.1 Å². The molecule has 4 nitrogen and oxygen atoms in total. The number of carbonyl (C=O) groups is 1. The summed E-state index contributed by atoms with van der Waals surface area (Å²) >= 11 is 5.78. The minimum absolute atomic E-state index is 0.0239. The van der Waals surface area contributed by atoms with Crippen molar-refractivity contribution in [3.8, 4) is 0 Å². The van der Waals surface area contributed by atoms with Crippen molar-refractivity contribution in [1.82, 2.24) is 10.2 Å². The second kappa shape index (κ2) is 10.1. The van der Waals surface area contributed by atoms with Crippen molar-refractivity contribution in [1.29, 1.82) is 0 Å². The molecule has 1 unspecified atom stereocenters. The van der Waals surface area contributed by atoms with Crippen LogP contribution in [0, 0.1) is 0 Å². The SMILES string of the molecule is C/C=C(F)\C(Cl)=C/CC(=O)NC1CN(C(C)C2=C(C)C(C)=C(OC)C=CC2)C1. The lowest BCUT2D eigenvalue weighted by Gasteiger charge is -2.44. The number of nitrogens with zero attached hydrogens (tertiary/aromatic N) is 1. The molecule has 2 aliphatic rings. The molecule has 0 saturated carbocycles. The third-order valence-corrected chi connectivity index (χ3v) is 5.85. The number of hydrogen-bond acceptors (Lipinski definition) is 3. The van der Waals surface area contributed by atoms with Gasteiger partial charge in [-0.1, -0.05) is 29.8 Å². The molecule has 0 aromatic rings. The van der Waals surface area contributed by atoms with Gasteiger partial charge in [0, 0.05) is 25.6 Å². The number of likely N-dealkylation sites (tertiary alicyclic amines) is 1. The number of carbonyl (C=O) groups excluding carboxylic acids is 1. The van der Waals surface area contributed by atoms with Gasteiger partial charge in [0.15, 0.2) is 0 Å². The van der Waals surface area contributed by atoms with Crippen LogP contribution in [0.2, 0.25) is 0 Å². The van der Waals surface area contributed by atoms with Crippen molar-refractivity contribution in [2.75, 3.05) is 20.2 Å². The highest BCUT2D eigenvalue weighted by molar-refractivity contribution is 6.31. The summed E-state index contributed by atoms with van der Waals surface area (Å²) in [6.07, 6.45) is 7.82. The van der Waals surface area contributed by atoms with E-state index in [0.29, 0.717) is 6.04 Å². The third kappa shape index (κ3) is 5.36. The first-order valence-electron chi connectivity index (χ1n) is 9.61. The van der Waals surface area contributed by atoms with Crippen LogP contribution in [0.25, 0.3) is 0 Å². The van der Waals surface area contributed by atoms with Crippen LogP contribution in [0.5, 0.6) is 0 Å². The summed E-state index contributed by atoms with van der Waals surface area (Å²) in [5.41, 5.74) is 3.82. The summed E-state index contributed by atoms with van der Waals surface area (Å²) in [7, 11) is 1.70. The maximum absolute atomic E-state index is 13.3. The number of halogens is 2. The molecular weight excluding hydrogens is 379 g/mol. The summed E-state index contributed by atoms with van der Waals surface area (Å²) in [4.78, 5) is 14.4.